The van der Waals surface area contributed by atoms with Crippen LogP contribution in [0.15, 0.2) is 18.3 Å². The highest BCUT2D eigenvalue weighted by Crippen LogP contribution is 2.13. The summed E-state index contributed by atoms with van der Waals surface area (Å²) in [5.74, 6) is -0.282. The zero-order chi connectivity index (χ0) is 9.68. The van der Waals surface area contributed by atoms with Crippen LogP contribution in [0.5, 0.6) is 0 Å². The van der Waals surface area contributed by atoms with Crippen molar-refractivity contribution in [3.63, 3.8) is 0 Å². The molecule has 0 radical (unpaired) electrons. The van der Waals surface area contributed by atoms with Gasteiger partial charge in [-0.05, 0) is 25.1 Å². The van der Waals surface area contributed by atoms with Crippen LogP contribution in [-0.2, 0) is 0 Å². The van der Waals surface area contributed by atoms with Crippen molar-refractivity contribution in [2.75, 3.05) is 6.54 Å². The Balaban J connectivity index is 2.73. The number of nitrogens with zero attached hydrogens (tertiary/aromatic N) is 1. The summed E-state index contributed by atoms with van der Waals surface area (Å²) in [6.07, 6.45) is 2.22. The molecule has 0 aliphatic carbocycles. The van der Waals surface area contributed by atoms with E-state index in [1.807, 2.05) is 6.92 Å². The first-order valence-electron chi connectivity index (χ1n) is 4.62. The zero-order valence-electron chi connectivity index (χ0n) is 8.05. The SMILES string of the molecule is CCNC(CC)c1ccc(F)cn1. The number of nitrogens with one attached hydrogen (secondary N) is 1. The molecular formula is C10H15FN2. The van der Waals surface area contributed by atoms with E-state index in [1.165, 1.54) is 12.3 Å². The summed E-state index contributed by atoms with van der Waals surface area (Å²) < 4.78 is 12.6. The minimum absolute atomic E-state index is 0.241. The molecule has 1 N–H and O–H groups in total. The smallest absolute Gasteiger partial charge is 0.141 e. The van der Waals surface area contributed by atoms with Crippen LogP contribution in [0.4, 0.5) is 4.39 Å². The minimum Gasteiger partial charge on any atom is -0.309 e. The van der Waals surface area contributed by atoms with Gasteiger partial charge in [-0.1, -0.05) is 13.8 Å². The van der Waals surface area contributed by atoms with Gasteiger partial charge in [0.15, 0.2) is 0 Å². The van der Waals surface area contributed by atoms with Gasteiger partial charge in [0.25, 0.3) is 0 Å². The average molecular weight is 182 g/mol. The van der Waals surface area contributed by atoms with Crippen molar-refractivity contribution in [2.24, 2.45) is 0 Å². The van der Waals surface area contributed by atoms with Crippen LogP contribution in [0.2, 0.25) is 0 Å². The molecule has 1 heterocycles. The summed E-state index contributed by atoms with van der Waals surface area (Å²) in [6.45, 7) is 5.03. The third-order valence-corrected chi connectivity index (χ3v) is 1.97. The summed E-state index contributed by atoms with van der Waals surface area (Å²) in [5.41, 5.74) is 0.908. The summed E-state index contributed by atoms with van der Waals surface area (Å²) in [5, 5.41) is 3.28. The van der Waals surface area contributed by atoms with Crippen molar-refractivity contribution in [1.82, 2.24) is 10.3 Å². The maximum atomic E-state index is 12.6. The molecule has 72 valence electrons. The highest BCUT2D eigenvalue weighted by molar-refractivity contribution is 5.09. The second-order valence-electron chi connectivity index (χ2n) is 2.92. The van der Waals surface area contributed by atoms with Gasteiger partial charge in [-0.3, -0.25) is 4.98 Å². The molecule has 0 saturated heterocycles. The molecule has 0 saturated carbocycles. The van der Waals surface area contributed by atoms with Gasteiger partial charge in [-0.15, -0.1) is 0 Å². The van der Waals surface area contributed by atoms with E-state index >= 15 is 0 Å². The number of halogens is 1. The van der Waals surface area contributed by atoms with Gasteiger partial charge in [0.1, 0.15) is 5.82 Å². The predicted octanol–water partition coefficient (Wildman–Crippen LogP) is 2.28. The van der Waals surface area contributed by atoms with Crippen LogP contribution < -0.4 is 5.32 Å². The Morgan fingerprint density at radius 1 is 1.46 bits per heavy atom. The normalized spacial score (nSPS) is 12.8. The van der Waals surface area contributed by atoms with E-state index in [0.29, 0.717) is 0 Å². The lowest BCUT2D eigenvalue weighted by Gasteiger charge is -2.14. The van der Waals surface area contributed by atoms with Crippen LogP contribution in [0.3, 0.4) is 0 Å². The monoisotopic (exact) mass is 182 g/mol. The molecule has 0 aliphatic rings. The molecule has 1 atom stereocenters. The van der Waals surface area contributed by atoms with Gasteiger partial charge in [0.05, 0.1) is 11.9 Å². The van der Waals surface area contributed by atoms with Crippen molar-refractivity contribution in [1.29, 1.82) is 0 Å². The van der Waals surface area contributed by atoms with E-state index in [4.69, 9.17) is 0 Å². The second-order valence-corrected chi connectivity index (χ2v) is 2.92. The van der Waals surface area contributed by atoms with Crippen molar-refractivity contribution >= 4 is 0 Å². The van der Waals surface area contributed by atoms with Gasteiger partial charge >= 0.3 is 0 Å². The Labute approximate surface area is 78.2 Å². The van der Waals surface area contributed by atoms with Gasteiger partial charge < -0.3 is 5.32 Å². The molecule has 1 aromatic rings. The van der Waals surface area contributed by atoms with Crippen LogP contribution in [0, 0.1) is 5.82 Å². The van der Waals surface area contributed by atoms with Crippen LogP contribution in [-0.4, -0.2) is 11.5 Å². The third-order valence-electron chi connectivity index (χ3n) is 1.97. The Bertz CT molecular complexity index is 246. The number of aromatic nitrogens is 1. The molecular weight excluding hydrogens is 167 g/mol. The van der Waals surface area contributed by atoms with Gasteiger partial charge in [0.2, 0.25) is 0 Å². The minimum atomic E-state index is -0.282. The summed E-state index contributed by atoms with van der Waals surface area (Å²) in [6, 6.07) is 3.42. The fourth-order valence-corrected chi connectivity index (χ4v) is 1.30. The van der Waals surface area contributed by atoms with E-state index in [1.54, 1.807) is 6.07 Å². The van der Waals surface area contributed by atoms with Gasteiger partial charge in [0, 0.05) is 6.04 Å². The van der Waals surface area contributed by atoms with Crippen molar-refractivity contribution < 1.29 is 4.39 Å². The molecule has 0 bridgehead atoms. The number of hydrogen-bond donors (Lipinski definition) is 1. The first-order valence-corrected chi connectivity index (χ1v) is 4.62. The van der Waals surface area contributed by atoms with Crippen molar-refractivity contribution in [3.05, 3.63) is 29.8 Å². The van der Waals surface area contributed by atoms with E-state index in [-0.39, 0.29) is 11.9 Å². The highest BCUT2D eigenvalue weighted by Gasteiger charge is 2.08. The number of hydrogen-bond acceptors (Lipinski definition) is 2. The fourth-order valence-electron chi connectivity index (χ4n) is 1.30. The molecule has 13 heavy (non-hydrogen) atoms. The maximum Gasteiger partial charge on any atom is 0.141 e. The van der Waals surface area contributed by atoms with Crippen LogP contribution in [0.1, 0.15) is 32.0 Å². The molecule has 2 nitrogen and oxygen atoms in total. The molecule has 0 spiro atoms. The van der Waals surface area contributed by atoms with Crippen molar-refractivity contribution in [3.8, 4) is 0 Å². The molecule has 0 aliphatic heterocycles. The largest absolute Gasteiger partial charge is 0.309 e. The van der Waals surface area contributed by atoms with E-state index < -0.39 is 0 Å². The average Bonchev–Trinajstić information content (AvgIpc) is 2.16. The molecule has 0 amide bonds. The lowest BCUT2D eigenvalue weighted by molar-refractivity contribution is 0.520. The summed E-state index contributed by atoms with van der Waals surface area (Å²) in [7, 11) is 0. The number of pyridine rings is 1. The molecule has 1 rings (SSSR count). The van der Waals surface area contributed by atoms with Gasteiger partial charge in [-0.2, -0.15) is 0 Å². The third kappa shape index (κ3) is 2.77. The molecule has 1 aromatic heterocycles. The lowest BCUT2D eigenvalue weighted by Crippen LogP contribution is -2.20. The first kappa shape index (κ1) is 10.1. The maximum absolute atomic E-state index is 12.6. The molecule has 0 aromatic carbocycles. The highest BCUT2D eigenvalue weighted by atomic mass is 19.1. The van der Waals surface area contributed by atoms with Crippen LogP contribution in [0.25, 0.3) is 0 Å². The Kier molecular flexibility index (Phi) is 3.83. The molecule has 1 unspecified atom stereocenters. The first-order chi connectivity index (χ1) is 6.27. The van der Waals surface area contributed by atoms with E-state index in [0.717, 1.165) is 18.7 Å². The Morgan fingerprint density at radius 2 is 2.23 bits per heavy atom. The summed E-state index contributed by atoms with van der Waals surface area (Å²) in [4.78, 5) is 4.03. The second kappa shape index (κ2) is 4.92. The topological polar surface area (TPSA) is 24.9 Å². The van der Waals surface area contributed by atoms with Gasteiger partial charge in [-0.25, -0.2) is 4.39 Å². The fraction of sp³-hybridized carbons (Fsp3) is 0.500. The molecule has 3 heteroatoms. The lowest BCUT2D eigenvalue weighted by atomic mass is 10.1. The zero-order valence-corrected chi connectivity index (χ0v) is 8.05. The Hall–Kier alpha value is -0.960. The van der Waals surface area contributed by atoms with E-state index in [2.05, 4.69) is 17.2 Å². The quantitative estimate of drug-likeness (QED) is 0.772. The number of rotatable bonds is 4. The Morgan fingerprint density at radius 3 is 2.69 bits per heavy atom. The van der Waals surface area contributed by atoms with Crippen molar-refractivity contribution in [2.45, 2.75) is 26.3 Å². The molecule has 0 fully saturated rings. The summed E-state index contributed by atoms with van der Waals surface area (Å²) >= 11 is 0. The van der Waals surface area contributed by atoms with E-state index in [9.17, 15) is 4.39 Å². The van der Waals surface area contributed by atoms with Crippen LogP contribution >= 0.6 is 0 Å². The predicted molar refractivity (Wildman–Crippen MR) is 50.9 cm³/mol. The standard InChI is InChI=1S/C10H15FN2/c1-3-9(12-4-2)10-6-5-8(11)7-13-10/h5-7,9,12H,3-4H2,1-2H3.